The molecule has 0 bridgehead atoms. The van der Waals surface area contributed by atoms with Crippen LogP contribution in [-0.4, -0.2) is 64.9 Å². The Morgan fingerprint density at radius 2 is 1.80 bits per heavy atom. The summed E-state index contributed by atoms with van der Waals surface area (Å²) in [4.78, 5) is 22.5. The summed E-state index contributed by atoms with van der Waals surface area (Å²) in [7, 11) is 3.69. The molecule has 1 fully saturated rings. The van der Waals surface area contributed by atoms with Crippen LogP contribution in [0.3, 0.4) is 0 Å². The van der Waals surface area contributed by atoms with E-state index in [1.54, 1.807) is 11.8 Å². The Labute approximate surface area is 239 Å². The van der Waals surface area contributed by atoms with Crippen LogP contribution in [0.2, 0.25) is 0 Å². The van der Waals surface area contributed by atoms with Crippen LogP contribution in [0.5, 0.6) is 5.75 Å². The van der Waals surface area contributed by atoms with E-state index in [9.17, 15) is 9.18 Å². The van der Waals surface area contributed by atoms with Gasteiger partial charge in [0.1, 0.15) is 23.4 Å². The molecule has 0 saturated carbocycles. The maximum Gasteiger partial charge on any atom is 0.255 e. The Balaban J connectivity index is 1.31. The van der Waals surface area contributed by atoms with Gasteiger partial charge in [0.2, 0.25) is 0 Å². The standard InChI is InChI=1S/C32H34FN5O3/c1-20-34-31(36-35-20)30(28-17-26(33)10-11-29(28)41-19-40-3)38-18-25-9-8-24(16-27(25)32(38)39)22-6-4-21(5-7-22)23-12-14-37(2)15-13-23/h4-11,16-17,23,30H,12-15,18-19H2,1-3H3,(H,34,35,36). The van der Waals surface area contributed by atoms with Gasteiger partial charge in [-0.05, 0) is 92.3 Å². The summed E-state index contributed by atoms with van der Waals surface area (Å²) in [6.07, 6.45) is 2.35. The number of halogens is 1. The minimum absolute atomic E-state index is 0.0213. The second kappa shape index (κ2) is 11.4. The van der Waals surface area contributed by atoms with Crippen molar-refractivity contribution in [3.8, 4) is 16.9 Å². The van der Waals surface area contributed by atoms with E-state index >= 15 is 0 Å². The Kier molecular flexibility index (Phi) is 7.55. The van der Waals surface area contributed by atoms with E-state index in [1.807, 2.05) is 12.1 Å². The fourth-order valence-corrected chi connectivity index (χ4v) is 5.92. The highest BCUT2D eigenvalue weighted by molar-refractivity contribution is 6.00. The van der Waals surface area contributed by atoms with E-state index in [-0.39, 0.29) is 12.7 Å². The predicted molar refractivity (Wildman–Crippen MR) is 153 cm³/mol. The zero-order valence-corrected chi connectivity index (χ0v) is 23.6. The van der Waals surface area contributed by atoms with Crippen molar-refractivity contribution >= 4 is 5.91 Å². The molecule has 3 aromatic carbocycles. The number of rotatable bonds is 8. The van der Waals surface area contributed by atoms with Gasteiger partial charge in [-0.2, -0.15) is 5.10 Å². The zero-order valence-electron chi connectivity index (χ0n) is 23.6. The third-order valence-electron chi connectivity index (χ3n) is 8.15. The molecule has 3 heterocycles. The minimum Gasteiger partial charge on any atom is -0.467 e. The molecule has 1 unspecified atom stereocenters. The molecule has 1 N–H and O–H groups in total. The smallest absolute Gasteiger partial charge is 0.255 e. The number of hydrogen-bond acceptors (Lipinski definition) is 6. The molecule has 2 aliphatic rings. The van der Waals surface area contributed by atoms with Gasteiger partial charge < -0.3 is 19.3 Å². The van der Waals surface area contributed by atoms with Crippen molar-refractivity contribution < 1.29 is 18.7 Å². The van der Waals surface area contributed by atoms with Crippen LogP contribution in [-0.2, 0) is 11.3 Å². The molecule has 212 valence electrons. The number of amides is 1. The number of nitrogens with zero attached hydrogens (tertiary/aromatic N) is 4. The van der Waals surface area contributed by atoms with Crippen LogP contribution in [0.4, 0.5) is 4.39 Å². The fraction of sp³-hybridized carbons (Fsp3) is 0.344. The molecule has 1 atom stereocenters. The van der Waals surface area contributed by atoms with Gasteiger partial charge in [-0.15, -0.1) is 0 Å². The van der Waals surface area contributed by atoms with Gasteiger partial charge in [0, 0.05) is 24.8 Å². The molecule has 0 radical (unpaired) electrons. The summed E-state index contributed by atoms with van der Waals surface area (Å²) >= 11 is 0. The quantitative estimate of drug-likeness (QED) is 0.291. The molecular weight excluding hydrogens is 521 g/mol. The molecule has 1 saturated heterocycles. The van der Waals surface area contributed by atoms with E-state index in [2.05, 4.69) is 57.5 Å². The summed E-state index contributed by atoms with van der Waals surface area (Å²) in [5, 5.41) is 7.22. The number of piperidine rings is 1. The number of aromatic amines is 1. The summed E-state index contributed by atoms with van der Waals surface area (Å²) in [6.45, 7) is 4.35. The minimum atomic E-state index is -0.764. The molecule has 2 aliphatic heterocycles. The molecule has 8 nitrogen and oxygen atoms in total. The number of fused-ring (bicyclic) bond motifs is 1. The van der Waals surface area contributed by atoms with Crippen LogP contribution in [0.25, 0.3) is 11.1 Å². The largest absolute Gasteiger partial charge is 0.467 e. The normalized spacial score (nSPS) is 16.7. The average molecular weight is 556 g/mol. The third kappa shape index (κ3) is 5.47. The number of H-pyrrole nitrogens is 1. The number of hydrogen-bond donors (Lipinski definition) is 1. The molecule has 0 spiro atoms. The van der Waals surface area contributed by atoms with Crippen molar-refractivity contribution in [3.05, 3.63) is 100 Å². The summed E-state index contributed by atoms with van der Waals surface area (Å²) in [6, 6.07) is 18.2. The van der Waals surface area contributed by atoms with Gasteiger partial charge in [0.05, 0.1) is 0 Å². The van der Waals surface area contributed by atoms with Crippen molar-refractivity contribution in [2.45, 2.75) is 38.3 Å². The van der Waals surface area contributed by atoms with E-state index in [0.29, 0.717) is 41.0 Å². The number of aryl methyl sites for hydroxylation is 1. The predicted octanol–water partition coefficient (Wildman–Crippen LogP) is 5.46. The van der Waals surface area contributed by atoms with Crippen molar-refractivity contribution in [3.63, 3.8) is 0 Å². The van der Waals surface area contributed by atoms with Crippen molar-refractivity contribution in [1.29, 1.82) is 0 Å². The number of nitrogens with one attached hydrogen (secondary N) is 1. The number of carbonyl (C=O) groups is 1. The number of methoxy groups -OCH3 is 1. The Morgan fingerprint density at radius 3 is 2.51 bits per heavy atom. The van der Waals surface area contributed by atoms with Crippen LogP contribution in [0.1, 0.15) is 63.5 Å². The summed E-state index contributed by atoms with van der Waals surface area (Å²) in [5.41, 5.74) is 5.39. The molecule has 0 aliphatic carbocycles. The van der Waals surface area contributed by atoms with Gasteiger partial charge in [0.15, 0.2) is 12.6 Å². The second-order valence-corrected chi connectivity index (χ2v) is 10.9. The highest BCUT2D eigenvalue weighted by atomic mass is 19.1. The monoisotopic (exact) mass is 555 g/mol. The number of ether oxygens (including phenoxy) is 2. The lowest BCUT2D eigenvalue weighted by Gasteiger charge is -2.29. The lowest BCUT2D eigenvalue weighted by Crippen LogP contribution is -2.31. The Bertz CT molecular complexity index is 1550. The molecule has 41 heavy (non-hydrogen) atoms. The molecular formula is C32H34FN5O3. The molecule has 9 heteroatoms. The number of likely N-dealkylation sites (tertiary alicyclic amines) is 1. The molecule has 6 rings (SSSR count). The highest BCUT2D eigenvalue weighted by Gasteiger charge is 2.38. The number of aromatic nitrogens is 3. The van der Waals surface area contributed by atoms with Crippen molar-refractivity contribution in [2.24, 2.45) is 0 Å². The van der Waals surface area contributed by atoms with Crippen LogP contribution < -0.4 is 4.74 Å². The van der Waals surface area contributed by atoms with Gasteiger partial charge in [-0.25, -0.2) is 9.37 Å². The van der Waals surface area contributed by atoms with Gasteiger partial charge in [0.25, 0.3) is 5.91 Å². The Morgan fingerprint density at radius 1 is 1.05 bits per heavy atom. The molecule has 1 amide bonds. The summed E-state index contributed by atoms with van der Waals surface area (Å²) in [5.74, 6) is 1.33. The van der Waals surface area contributed by atoms with Gasteiger partial charge in [-0.3, -0.25) is 9.89 Å². The second-order valence-electron chi connectivity index (χ2n) is 10.9. The molecule has 1 aromatic heterocycles. The van der Waals surface area contributed by atoms with Crippen LogP contribution in [0.15, 0.2) is 60.7 Å². The van der Waals surface area contributed by atoms with E-state index in [4.69, 9.17) is 9.47 Å². The average Bonchev–Trinajstić information content (AvgIpc) is 3.56. The first-order valence-corrected chi connectivity index (χ1v) is 13.9. The maximum atomic E-state index is 14.6. The van der Waals surface area contributed by atoms with Crippen molar-refractivity contribution in [2.75, 3.05) is 34.0 Å². The van der Waals surface area contributed by atoms with E-state index in [1.165, 1.54) is 43.7 Å². The highest BCUT2D eigenvalue weighted by Crippen LogP contribution is 2.40. The van der Waals surface area contributed by atoms with Crippen LogP contribution in [0, 0.1) is 12.7 Å². The van der Waals surface area contributed by atoms with Gasteiger partial charge >= 0.3 is 0 Å². The maximum absolute atomic E-state index is 14.6. The topological polar surface area (TPSA) is 83.6 Å². The fourth-order valence-electron chi connectivity index (χ4n) is 5.92. The first kappa shape index (κ1) is 27.1. The Hall–Kier alpha value is -4.08. The van der Waals surface area contributed by atoms with Crippen LogP contribution >= 0.6 is 0 Å². The zero-order chi connectivity index (χ0) is 28.5. The lowest BCUT2D eigenvalue weighted by molar-refractivity contribution is 0.0487. The first-order chi connectivity index (χ1) is 19.9. The van der Waals surface area contributed by atoms with Crippen molar-refractivity contribution in [1.82, 2.24) is 25.0 Å². The number of carbonyl (C=O) groups excluding carboxylic acids is 1. The molecule has 4 aromatic rings. The lowest BCUT2D eigenvalue weighted by atomic mass is 9.88. The van der Waals surface area contributed by atoms with E-state index in [0.717, 1.165) is 29.8 Å². The first-order valence-electron chi connectivity index (χ1n) is 13.9. The number of benzene rings is 3. The van der Waals surface area contributed by atoms with E-state index < -0.39 is 11.9 Å². The van der Waals surface area contributed by atoms with Gasteiger partial charge in [-0.1, -0.05) is 36.4 Å². The summed E-state index contributed by atoms with van der Waals surface area (Å²) < 4.78 is 25.4. The third-order valence-corrected chi connectivity index (χ3v) is 8.15. The SMILES string of the molecule is COCOc1ccc(F)cc1C(c1n[nH]c(C)n1)N1Cc2ccc(-c3ccc(C4CCN(C)CC4)cc3)cc2C1=O.